The van der Waals surface area contributed by atoms with Crippen LogP contribution in [-0.2, 0) is 11.8 Å². The summed E-state index contributed by atoms with van der Waals surface area (Å²) < 4.78 is 4.64. The van der Waals surface area contributed by atoms with Gasteiger partial charge in [-0.15, -0.1) is 0 Å². The van der Waals surface area contributed by atoms with E-state index >= 15 is 0 Å². The van der Waals surface area contributed by atoms with Gasteiger partial charge in [0.1, 0.15) is 5.75 Å². The molecule has 12 heavy (non-hydrogen) atoms. The van der Waals surface area contributed by atoms with Crippen LogP contribution in [-0.4, -0.2) is 9.79 Å². The van der Waals surface area contributed by atoms with Crippen molar-refractivity contribution in [2.75, 3.05) is 0 Å². The molecule has 0 fully saturated rings. The first-order valence-electron chi connectivity index (χ1n) is 2.99. The summed E-state index contributed by atoms with van der Waals surface area (Å²) in [6.07, 6.45) is 0. The summed E-state index contributed by atoms with van der Waals surface area (Å²) in [5, 5.41) is 0.301. The van der Waals surface area contributed by atoms with Crippen LogP contribution in [0.5, 0.6) is 5.75 Å². The van der Waals surface area contributed by atoms with Gasteiger partial charge in [-0.3, -0.25) is 0 Å². The SMILES string of the molecule is OP(O)(=S)Oc1ccccc1Cl. The van der Waals surface area contributed by atoms with Gasteiger partial charge in [0.2, 0.25) is 0 Å². The predicted octanol–water partition coefficient (Wildman–Crippen LogP) is 1.93. The second-order valence-corrected chi connectivity index (χ2v) is 5.01. The molecule has 0 aliphatic heterocycles. The van der Waals surface area contributed by atoms with Crippen molar-refractivity contribution in [3.63, 3.8) is 0 Å². The Morgan fingerprint density at radius 3 is 2.42 bits per heavy atom. The maximum absolute atomic E-state index is 8.80. The van der Waals surface area contributed by atoms with Crippen LogP contribution in [0.15, 0.2) is 24.3 Å². The summed E-state index contributed by atoms with van der Waals surface area (Å²) in [4.78, 5) is 17.6. The van der Waals surface area contributed by atoms with Gasteiger partial charge in [-0.05, 0) is 12.1 Å². The first kappa shape index (κ1) is 9.96. The lowest BCUT2D eigenvalue weighted by Gasteiger charge is -2.10. The molecule has 1 aromatic carbocycles. The van der Waals surface area contributed by atoms with Crippen LogP contribution in [0.25, 0.3) is 0 Å². The van der Waals surface area contributed by atoms with Crippen molar-refractivity contribution in [2.24, 2.45) is 0 Å². The molecule has 2 N–H and O–H groups in total. The third kappa shape index (κ3) is 3.09. The van der Waals surface area contributed by atoms with Crippen LogP contribution in [0.3, 0.4) is 0 Å². The van der Waals surface area contributed by atoms with Crippen LogP contribution >= 0.6 is 18.3 Å². The largest absolute Gasteiger partial charge is 0.423 e. The van der Waals surface area contributed by atoms with Gasteiger partial charge in [-0.25, -0.2) is 0 Å². The van der Waals surface area contributed by atoms with Crippen molar-refractivity contribution in [2.45, 2.75) is 0 Å². The Morgan fingerprint density at radius 1 is 1.33 bits per heavy atom. The number of para-hydroxylation sites is 1. The molecule has 0 amide bonds. The molecule has 0 unspecified atom stereocenters. The zero-order valence-corrected chi connectivity index (χ0v) is 8.31. The third-order valence-electron chi connectivity index (χ3n) is 1.05. The summed E-state index contributed by atoms with van der Waals surface area (Å²) in [5.41, 5.74) is 0. The fourth-order valence-electron chi connectivity index (χ4n) is 0.647. The molecule has 0 bridgehead atoms. The minimum atomic E-state index is -3.67. The Morgan fingerprint density at radius 2 is 1.92 bits per heavy atom. The zero-order valence-electron chi connectivity index (χ0n) is 5.85. The van der Waals surface area contributed by atoms with Crippen LogP contribution in [0.1, 0.15) is 0 Å². The van der Waals surface area contributed by atoms with E-state index in [1.807, 2.05) is 0 Å². The van der Waals surface area contributed by atoms with Gasteiger partial charge in [0.15, 0.2) is 0 Å². The van der Waals surface area contributed by atoms with E-state index in [1.165, 1.54) is 6.07 Å². The lowest BCUT2D eigenvalue weighted by atomic mass is 10.3. The average Bonchev–Trinajstić information content (AvgIpc) is 1.91. The Bertz CT molecular complexity index is 324. The Hall–Kier alpha value is -0.120. The summed E-state index contributed by atoms with van der Waals surface area (Å²) in [7, 11) is 0. The van der Waals surface area contributed by atoms with Crippen LogP contribution < -0.4 is 4.52 Å². The molecule has 0 aliphatic rings. The minimum absolute atomic E-state index is 0.188. The second kappa shape index (κ2) is 3.73. The molecule has 0 aromatic heterocycles. The van der Waals surface area contributed by atoms with Crippen molar-refractivity contribution in [1.82, 2.24) is 0 Å². The minimum Gasteiger partial charge on any atom is -0.423 e. The Balaban J connectivity index is 2.90. The second-order valence-electron chi connectivity index (χ2n) is 2.01. The number of hydrogen-bond acceptors (Lipinski definition) is 2. The molecule has 6 heteroatoms. The number of rotatable bonds is 2. The summed E-state index contributed by atoms with van der Waals surface area (Å²) >= 11 is 9.92. The van der Waals surface area contributed by atoms with Gasteiger partial charge in [-0.2, -0.15) is 0 Å². The molecule has 3 nitrogen and oxygen atoms in total. The molecule has 66 valence electrons. The van der Waals surface area contributed by atoms with Gasteiger partial charge < -0.3 is 14.3 Å². The summed E-state index contributed by atoms with van der Waals surface area (Å²) in [6, 6.07) is 6.44. The van der Waals surface area contributed by atoms with Gasteiger partial charge in [0, 0.05) is 11.8 Å². The third-order valence-corrected chi connectivity index (χ3v) is 2.02. The lowest BCUT2D eigenvalue weighted by molar-refractivity contribution is 0.370. The molecular weight excluding hydrogens is 219 g/mol. The highest BCUT2D eigenvalue weighted by Gasteiger charge is 2.11. The van der Waals surface area contributed by atoms with E-state index in [1.54, 1.807) is 18.2 Å². The van der Waals surface area contributed by atoms with E-state index in [0.29, 0.717) is 5.02 Å². The van der Waals surface area contributed by atoms with Crippen molar-refractivity contribution in [1.29, 1.82) is 0 Å². The highest BCUT2D eigenvalue weighted by molar-refractivity contribution is 8.06. The number of hydrogen-bond donors (Lipinski definition) is 2. The lowest BCUT2D eigenvalue weighted by Crippen LogP contribution is -1.89. The number of benzene rings is 1. The fourth-order valence-corrected chi connectivity index (χ4v) is 1.53. The fraction of sp³-hybridized carbons (Fsp3) is 0. The molecule has 0 atom stereocenters. The van der Waals surface area contributed by atoms with Crippen molar-refractivity contribution < 1.29 is 14.3 Å². The highest BCUT2D eigenvalue weighted by Crippen LogP contribution is 2.40. The first-order chi connectivity index (χ1) is 5.49. The maximum Gasteiger partial charge on any atom is 0.375 e. The Kier molecular flexibility index (Phi) is 3.09. The highest BCUT2D eigenvalue weighted by atomic mass is 35.5. The summed E-state index contributed by atoms with van der Waals surface area (Å²) in [6.45, 7) is -3.67. The van der Waals surface area contributed by atoms with E-state index in [0.717, 1.165) is 0 Å². The molecule has 1 rings (SSSR count). The van der Waals surface area contributed by atoms with E-state index in [9.17, 15) is 0 Å². The van der Waals surface area contributed by atoms with E-state index in [2.05, 4.69) is 16.3 Å². The smallest absolute Gasteiger partial charge is 0.375 e. The molecule has 0 saturated carbocycles. The molecule has 0 radical (unpaired) electrons. The predicted molar refractivity (Wildman–Crippen MR) is 50.8 cm³/mol. The van der Waals surface area contributed by atoms with E-state index in [4.69, 9.17) is 21.4 Å². The van der Waals surface area contributed by atoms with Crippen LogP contribution in [0, 0.1) is 0 Å². The maximum atomic E-state index is 8.80. The van der Waals surface area contributed by atoms with Crippen molar-refractivity contribution in [3.8, 4) is 5.75 Å². The number of halogens is 1. The molecule has 1 aromatic rings. The quantitative estimate of drug-likeness (QED) is 0.754. The van der Waals surface area contributed by atoms with Gasteiger partial charge in [-0.1, -0.05) is 23.7 Å². The molecule has 0 heterocycles. The van der Waals surface area contributed by atoms with Crippen LogP contribution in [0.4, 0.5) is 0 Å². The van der Waals surface area contributed by atoms with Gasteiger partial charge in [0.05, 0.1) is 5.02 Å². The molecule has 0 spiro atoms. The molecule has 0 aliphatic carbocycles. The monoisotopic (exact) mass is 224 g/mol. The topological polar surface area (TPSA) is 49.7 Å². The standard InChI is InChI=1S/C6H6ClO3PS/c7-5-3-1-2-4-6(5)10-11(8,9)12/h1-4H,(H2,8,9,12). The van der Waals surface area contributed by atoms with Gasteiger partial charge in [0.25, 0.3) is 0 Å². The van der Waals surface area contributed by atoms with Gasteiger partial charge >= 0.3 is 6.72 Å². The van der Waals surface area contributed by atoms with Crippen molar-refractivity contribution >= 4 is 30.1 Å². The van der Waals surface area contributed by atoms with E-state index in [-0.39, 0.29) is 5.75 Å². The normalized spacial score (nSPS) is 11.2. The summed E-state index contributed by atoms with van der Waals surface area (Å²) in [5.74, 6) is 0.188. The van der Waals surface area contributed by atoms with Crippen molar-refractivity contribution in [3.05, 3.63) is 29.3 Å². The molecule has 0 saturated heterocycles. The first-order valence-corrected chi connectivity index (χ1v) is 5.99. The Labute approximate surface area is 79.8 Å². The van der Waals surface area contributed by atoms with Crippen LogP contribution in [0.2, 0.25) is 5.02 Å². The average molecular weight is 225 g/mol. The van der Waals surface area contributed by atoms with E-state index < -0.39 is 6.72 Å². The molecular formula is C6H6ClO3PS. The zero-order chi connectivity index (χ0) is 9.19.